The number of hydrogen-bond acceptors (Lipinski definition) is 4. The zero-order valence-corrected chi connectivity index (χ0v) is 11.5. The van der Waals surface area contributed by atoms with Crippen molar-refractivity contribution in [2.24, 2.45) is 0 Å². The van der Waals surface area contributed by atoms with Crippen LogP contribution in [0.4, 0.5) is 5.82 Å². The minimum atomic E-state index is 0.372. The highest BCUT2D eigenvalue weighted by atomic mass is 79.9. The number of anilines is 1. The van der Waals surface area contributed by atoms with Gasteiger partial charge < -0.3 is 9.72 Å². The molecule has 86 valence electrons. The molecular weight excluding hydrogens is 288 g/mol. The molecule has 0 aromatic carbocycles. The lowest BCUT2D eigenvalue weighted by atomic mass is 10.4. The van der Waals surface area contributed by atoms with Crippen molar-refractivity contribution in [2.45, 2.75) is 13.0 Å². The van der Waals surface area contributed by atoms with Crippen molar-refractivity contribution in [2.75, 3.05) is 17.3 Å². The summed E-state index contributed by atoms with van der Waals surface area (Å²) in [5.41, 5.74) is 0.858. The third kappa shape index (κ3) is 2.49. The van der Waals surface area contributed by atoms with Crippen LogP contribution in [0.5, 0.6) is 0 Å². The van der Waals surface area contributed by atoms with E-state index in [1.165, 1.54) is 0 Å². The van der Waals surface area contributed by atoms with Gasteiger partial charge in [-0.3, -0.25) is 0 Å². The lowest BCUT2D eigenvalue weighted by Crippen LogP contribution is -2.19. The number of thioether (sulfide) groups is 1. The lowest BCUT2D eigenvalue weighted by Gasteiger charge is -2.13. The molecule has 0 radical (unpaired) electrons. The summed E-state index contributed by atoms with van der Waals surface area (Å²) in [6, 6.07) is 0.372. The molecule has 0 saturated heterocycles. The molecule has 0 bridgehead atoms. The van der Waals surface area contributed by atoms with Gasteiger partial charge in [-0.05, 0) is 29.1 Å². The number of aromatic nitrogens is 3. The van der Waals surface area contributed by atoms with Crippen molar-refractivity contribution >= 4 is 39.2 Å². The second-order valence-electron chi connectivity index (χ2n) is 3.57. The molecule has 6 heteroatoms. The summed E-state index contributed by atoms with van der Waals surface area (Å²) in [4.78, 5) is 8.69. The van der Waals surface area contributed by atoms with E-state index >= 15 is 0 Å². The molecule has 2 aromatic rings. The maximum absolute atomic E-state index is 4.41. The summed E-state index contributed by atoms with van der Waals surface area (Å²) in [7, 11) is 0. The van der Waals surface area contributed by atoms with E-state index in [1.807, 2.05) is 28.6 Å². The van der Waals surface area contributed by atoms with Gasteiger partial charge in [-0.2, -0.15) is 11.8 Å². The molecular formula is C10H13BrN4S. The highest BCUT2D eigenvalue weighted by molar-refractivity contribution is 9.10. The van der Waals surface area contributed by atoms with E-state index in [0.717, 1.165) is 21.8 Å². The largest absolute Gasteiger partial charge is 0.364 e. The van der Waals surface area contributed by atoms with Crippen molar-refractivity contribution in [1.82, 2.24) is 14.4 Å². The first-order valence-electron chi connectivity index (χ1n) is 4.95. The Bertz CT molecular complexity index is 485. The van der Waals surface area contributed by atoms with Gasteiger partial charge in [0, 0.05) is 30.4 Å². The molecule has 0 saturated carbocycles. The quantitative estimate of drug-likeness (QED) is 0.943. The monoisotopic (exact) mass is 300 g/mol. The molecule has 0 fully saturated rings. The van der Waals surface area contributed by atoms with Crippen LogP contribution in [0.3, 0.4) is 0 Å². The summed E-state index contributed by atoms with van der Waals surface area (Å²) in [6.07, 6.45) is 7.67. The van der Waals surface area contributed by atoms with Gasteiger partial charge in [0.05, 0.1) is 0 Å². The second kappa shape index (κ2) is 5.05. The van der Waals surface area contributed by atoms with Gasteiger partial charge in [-0.1, -0.05) is 0 Å². The molecule has 16 heavy (non-hydrogen) atoms. The Balaban J connectivity index is 2.31. The van der Waals surface area contributed by atoms with Crippen LogP contribution in [0.1, 0.15) is 6.92 Å². The maximum atomic E-state index is 4.41. The Kier molecular flexibility index (Phi) is 3.70. The minimum absolute atomic E-state index is 0.372. The third-order valence-electron chi connectivity index (χ3n) is 2.14. The molecule has 0 aliphatic heterocycles. The number of halogens is 1. The van der Waals surface area contributed by atoms with Crippen LogP contribution in [0.25, 0.3) is 5.65 Å². The zero-order valence-electron chi connectivity index (χ0n) is 9.14. The highest BCUT2D eigenvalue weighted by Crippen LogP contribution is 2.18. The average molecular weight is 301 g/mol. The molecule has 2 heterocycles. The number of hydrogen-bond donors (Lipinski definition) is 1. The first-order valence-corrected chi connectivity index (χ1v) is 7.14. The molecule has 1 unspecified atom stereocenters. The predicted molar refractivity (Wildman–Crippen MR) is 72.2 cm³/mol. The van der Waals surface area contributed by atoms with Crippen molar-refractivity contribution in [3.63, 3.8) is 0 Å². The lowest BCUT2D eigenvalue weighted by molar-refractivity contribution is 0.898. The first-order chi connectivity index (χ1) is 7.70. The van der Waals surface area contributed by atoms with Crippen LogP contribution in [0, 0.1) is 0 Å². The molecule has 0 aliphatic rings. The molecule has 0 aliphatic carbocycles. The van der Waals surface area contributed by atoms with Crippen molar-refractivity contribution < 1.29 is 0 Å². The van der Waals surface area contributed by atoms with E-state index in [-0.39, 0.29) is 0 Å². The standard InChI is InChI=1S/C10H13BrN4S/c1-7(6-16-2)13-9-10-12-3-4-15(10)5-8(11)14-9/h3-5,7H,6H2,1-2H3,(H,13,14). The number of rotatable bonds is 4. The van der Waals surface area contributed by atoms with E-state index < -0.39 is 0 Å². The zero-order chi connectivity index (χ0) is 11.5. The molecule has 1 atom stereocenters. The van der Waals surface area contributed by atoms with Gasteiger partial charge in [0.1, 0.15) is 4.60 Å². The van der Waals surface area contributed by atoms with E-state index in [2.05, 4.69) is 44.4 Å². The van der Waals surface area contributed by atoms with Gasteiger partial charge in [0.15, 0.2) is 11.5 Å². The number of fused-ring (bicyclic) bond motifs is 1. The smallest absolute Gasteiger partial charge is 0.180 e. The van der Waals surface area contributed by atoms with E-state index in [1.54, 1.807) is 6.20 Å². The molecule has 2 aromatic heterocycles. The SMILES string of the molecule is CSCC(C)Nc1nc(Br)cn2ccnc12. The number of nitrogens with one attached hydrogen (secondary N) is 1. The topological polar surface area (TPSA) is 42.2 Å². The minimum Gasteiger partial charge on any atom is -0.364 e. The van der Waals surface area contributed by atoms with Gasteiger partial charge in [0.2, 0.25) is 0 Å². The molecule has 1 N–H and O–H groups in total. The Hall–Kier alpha value is -0.750. The number of nitrogens with zero attached hydrogens (tertiary/aromatic N) is 3. The van der Waals surface area contributed by atoms with Crippen LogP contribution in [0.2, 0.25) is 0 Å². The Labute approximate surface area is 107 Å². The van der Waals surface area contributed by atoms with E-state index in [9.17, 15) is 0 Å². The molecule has 4 nitrogen and oxygen atoms in total. The Morgan fingerprint density at radius 1 is 1.62 bits per heavy atom. The van der Waals surface area contributed by atoms with Crippen LogP contribution in [-0.4, -0.2) is 32.4 Å². The highest BCUT2D eigenvalue weighted by Gasteiger charge is 2.08. The van der Waals surface area contributed by atoms with Crippen LogP contribution in [0.15, 0.2) is 23.2 Å². The maximum Gasteiger partial charge on any atom is 0.180 e. The second-order valence-corrected chi connectivity index (χ2v) is 5.29. The van der Waals surface area contributed by atoms with Gasteiger partial charge in [0.25, 0.3) is 0 Å². The average Bonchev–Trinajstić information content (AvgIpc) is 2.65. The summed E-state index contributed by atoms with van der Waals surface area (Å²) < 4.78 is 2.75. The first kappa shape index (κ1) is 11.7. The van der Waals surface area contributed by atoms with Crippen molar-refractivity contribution in [1.29, 1.82) is 0 Å². The summed E-state index contributed by atoms with van der Waals surface area (Å²) in [5, 5.41) is 3.37. The third-order valence-corrected chi connectivity index (χ3v) is 3.36. The predicted octanol–water partition coefficient (Wildman–Crippen LogP) is 2.66. The molecule has 0 spiro atoms. The fourth-order valence-corrected chi connectivity index (χ4v) is 2.50. The summed E-state index contributed by atoms with van der Waals surface area (Å²) in [5.74, 6) is 1.86. The summed E-state index contributed by atoms with van der Waals surface area (Å²) >= 11 is 5.20. The molecule has 0 amide bonds. The normalized spacial score (nSPS) is 12.9. The van der Waals surface area contributed by atoms with Crippen LogP contribution < -0.4 is 5.32 Å². The fourth-order valence-electron chi connectivity index (χ4n) is 1.52. The van der Waals surface area contributed by atoms with Crippen molar-refractivity contribution in [3.05, 3.63) is 23.2 Å². The van der Waals surface area contributed by atoms with Crippen LogP contribution in [-0.2, 0) is 0 Å². The number of imidazole rings is 1. The Morgan fingerprint density at radius 3 is 3.19 bits per heavy atom. The van der Waals surface area contributed by atoms with E-state index in [4.69, 9.17) is 0 Å². The van der Waals surface area contributed by atoms with Crippen molar-refractivity contribution in [3.8, 4) is 0 Å². The van der Waals surface area contributed by atoms with Gasteiger partial charge in [-0.15, -0.1) is 0 Å². The van der Waals surface area contributed by atoms with Gasteiger partial charge >= 0.3 is 0 Å². The van der Waals surface area contributed by atoms with Gasteiger partial charge in [-0.25, -0.2) is 9.97 Å². The summed E-state index contributed by atoms with van der Waals surface area (Å²) in [6.45, 7) is 2.14. The van der Waals surface area contributed by atoms with Crippen LogP contribution >= 0.6 is 27.7 Å². The fraction of sp³-hybridized carbons (Fsp3) is 0.400. The molecule has 2 rings (SSSR count). The Morgan fingerprint density at radius 2 is 2.44 bits per heavy atom. The van der Waals surface area contributed by atoms with E-state index in [0.29, 0.717) is 6.04 Å².